The number of hydrogen-bond acceptors (Lipinski definition) is 4. The first-order valence-corrected chi connectivity index (χ1v) is 10.3. The van der Waals surface area contributed by atoms with E-state index in [1.807, 2.05) is 24.3 Å². The predicted molar refractivity (Wildman–Crippen MR) is 122 cm³/mol. The highest BCUT2D eigenvalue weighted by atomic mass is 16.5. The van der Waals surface area contributed by atoms with E-state index in [1.54, 1.807) is 0 Å². The van der Waals surface area contributed by atoms with E-state index in [-0.39, 0.29) is 25.0 Å². The van der Waals surface area contributed by atoms with Gasteiger partial charge in [-0.15, -0.1) is 0 Å². The largest absolute Gasteiger partial charge is 0.486 e. The first-order chi connectivity index (χ1) is 14.4. The van der Waals surface area contributed by atoms with Gasteiger partial charge in [0.05, 0.1) is 12.6 Å². The Morgan fingerprint density at radius 2 is 1.60 bits per heavy atom. The molecule has 30 heavy (non-hydrogen) atoms. The molecule has 3 N–H and O–H groups in total. The van der Waals surface area contributed by atoms with E-state index in [0.29, 0.717) is 12.3 Å². The van der Waals surface area contributed by atoms with Crippen molar-refractivity contribution in [2.45, 2.75) is 33.4 Å². The number of nitrogens with one attached hydrogen (secondary N) is 1. The third-order valence-electron chi connectivity index (χ3n) is 5.17. The van der Waals surface area contributed by atoms with Gasteiger partial charge in [-0.25, -0.2) is 0 Å². The summed E-state index contributed by atoms with van der Waals surface area (Å²) in [5.41, 5.74) is 13.4. The summed E-state index contributed by atoms with van der Waals surface area (Å²) in [5.74, 6) is 0.677. The van der Waals surface area contributed by atoms with Crippen molar-refractivity contribution in [3.63, 3.8) is 0 Å². The van der Waals surface area contributed by atoms with E-state index in [2.05, 4.69) is 68.6 Å². The maximum Gasteiger partial charge on any atom is 0.183 e. The van der Waals surface area contributed by atoms with E-state index in [1.165, 1.54) is 16.7 Å². The topological polar surface area (TPSA) is 64.3 Å². The summed E-state index contributed by atoms with van der Waals surface area (Å²) < 4.78 is 5.64. The molecule has 0 saturated carbocycles. The second kappa shape index (κ2) is 10.2. The van der Waals surface area contributed by atoms with Gasteiger partial charge in [-0.05, 0) is 55.2 Å². The average Bonchev–Trinajstić information content (AvgIpc) is 2.74. The van der Waals surface area contributed by atoms with Gasteiger partial charge in [0.2, 0.25) is 0 Å². The minimum absolute atomic E-state index is 0.0122. The standard InChI is InChI=1S/C26H30N2O2/c1-18-4-7-21(8-5-18)15-28-16-23(29)17-30-24-11-9-22(10-12-24)26(27)25-13-6-19(2)14-20(25)3/h4-14,26,28H,15-17,27H2,1-3H3. The van der Waals surface area contributed by atoms with Crippen LogP contribution in [0.3, 0.4) is 0 Å². The summed E-state index contributed by atoms with van der Waals surface area (Å²) >= 11 is 0. The van der Waals surface area contributed by atoms with Crippen molar-refractivity contribution in [2.24, 2.45) is 5.73 Å². The van der Waals surface area contributed by atoms with Crippen LogP contribution in [0.1, 0.15) is 39.4 Å². The normalized spacial score (nSPS) is 11.9. The zero-order chi connectivity index (χ0) is 21.5. The monoisotopic (exact) mass is 402 g/mol. The molecule has 3 aromatic carbocycles. The molecule has 0 spiro atoms. The number of carbonyl (C=O) groups is 1. The Balaban J connectivity index is 1.47. The fourth-order valence-corrected chi connectivity index (χ4v) is 3.39. The molecule has 0 aliphatic heterocycles. The number of benzene rings is 3. The van der Waals surface area contributed by atoms with Crippen LogP contribution in [-0.4, -0.2) is 18.9 Å². The molecule has 0 fully saturated rings. The quantitative estimate of drug-likeness (QED) is 0.557. The van der Waals surface area contributed by atoms with Crippen LogP contribution in [0, 0.1) is 20.8 Å². The van der Waals surface area contributed by atoms with Crippen LogP contribution in [0.25, 0.3) is 0 Å². The minimum atomic E-state index is -0.188. The highest BCUT2D eigenvalue weighted by Crippen LogP contribution is 2.25. The van der Waals surface area contributed by atoms with Crippen molar-refractivity contribution in [1.29, 1.82) is 0 Å². The molecule has 0 amide bonds. The molecule has 1 unspecified atom stereocenters. The maximum atomic E-state index is 12.1. The van der Waals surface area contributed by atoms with Crippen LogP contribution in [0.2, 0.25) is 0 Å². The summed E-state index contributed by atoms with van der Waals surface area (Å²) in [5, 5.41) is 3.16. The number of Topliss-reactive ketones (excluding diaryl/α,β-unsaturated/α-hetero) is 1. The molecule has 0 aliphatic carbocycles. The molecule has 4 heteroatoms. The van der Waals surface area contributed by atoms with Gasteiger partial charge in [-0.1, -0.05) is 65.7 Å². The molecule has 0 radical (unpaired) electrons. The fraction of sp³-hybridized carbons (Fsp3) is 0.269. The highest BCUT2D eigenvalue weighted by molar-refractivity contribution is 5.81. The Kier molecular flexibility index (Phi) is 7.39. The molecule has 0 bridgehead atoms. The summed E-state index contributed by atoms with van der Waals surface area (Å²) in [4.78, 5) is 12.1. The smallest absolute Gasteiger partial charge is 0.183 e. The molecule has 0 saturated heterocycles. The van der Waals surface area contributed by atoms with E-state index < -0.39 is 0 Å². The molecule has 0 aliphatic rings. The molecule has 4 nitrogen and oxygen atoms in total. The Morgan fingerprint density at radius 3 is 2.27 bits per heavy atom. The van der Waals surface area contributed by atoms with Gasteiger partial charge < -0.3 is 15.8 Å². The molecule has 0 heterocycles. The summed E-state index contributed by atoms with van der Waals surface area (Å²) in [6, 6.07) is 22.0. The lowest BCUT2D eigenvalue weighted by Gasteiger charge is -2.16. The van der Waals surface area contributed by atoms with E-state index >= 15 is 0 Å². The average molecular weight is 403 g/mol. The second-order valence-corrected chi connectivity index (χ2v) is 7.82. The van der Waals surface area contributed by atoms with E-state index in [9.17, 15) is 4.79 Å². The molecular formula is C26H30N2O2. The van der Waals surface area contributed by atoms with Crippen molar-refractivity contribution in [1.82, 2.24) is 5.32 Å². The second-order valence-electron chi connectivity index (χ2n) is 7.82. The lowest BCUT2D eigenvalue weighted by Crippen LogP contribution is -2.26. The van der Waals surface area contributed by atoms with Gasteiger partial charge in [0, 0.05) is 6.54 Å². The van der Waals surface area contributed by atoms with Crippen LogP contribution < -0.4 is 15.8 Å². The fourth-order valence-electron chi connectivity index (χ4n) is 3.39. The van der Waals surface area contributed by atoms with Gasteiger partial charge in [0.15, 0.2) is 5.78 Å². The molecule has 3 rings (SSSR count). The number of nitrogens with two attached hydrogens (primary N) is 1. The number of aryl methyl sites for hydroxylation is 3. The van der Waals surface area contributed by atoms with Crippen LogP contribution in [-0.2, 0) is 11.3 Å². The van der Waals surface area contributed by atoms with Crippen LogP contribution in [0.4, 0.5) is 0 Å². The van der Waals surface area contributed by atoms with Crippen molar-refractivity contribution in [3.05, 3.63) is 100 Å². The zero-order valence-corrected chi connectivity index (χ0v) is 17.9. The van der Waals surface area contributed by atoms with Gasteiger partial charge >= 0.3 is 0 Å². The van der Waals surface area contributed by atoms with Gasteiger partial charge in [-0.3, -0.25) is 4.79 Å². The van der Waals surface area contributed by atoms with Gasteiger partial charge in [0.25, 0.3) is 0 Å². The molecule has 3 aromatic rings. The lowest BCUT2D eigenvalue weighted by molar-refractivity contribution is -0.120. The molecule has 1 atom stereocenters. The molecular weight excluding hydrogens is 372 g/mol. The first kappa shape index (κ1) is 21.8. The highest BCUT2D eigenvalue weighted by Gasteiger charge is 2.12. The number of ether oxygens (including phenoxy) is 1. The van der Waals surface area contributed by atoms with Crippen LogP contribution in [0.5, 0.6) is 5.75 Å². The van der Waals surface area contributed by atoms with Crippen LogP contribution >= 0.6 is 0 Å². The van der Waals surface area contributed by atoms with Crippen molar-refractivity contribution < 1.29 is 9.53 Å². The summed E-state index contributed by atoms with van der Waals surface area (Å²) in [6.07, 6.45) is 0. The zero-order valence-electron chi connectivity index (χ0n) is 17.9. The SMILES string of the molecule is Cc1ccc(CNCC(=O)COc2ccc(C(N)c3ccc(C)cc3C)cc2)cc1. The third-order valence-corrected chi connectivity index (χ3v) is 5.17. The third kappa shape index (κ3) is 6.02. The minimum Gasteiger partial charge on any atom is -0.486 e. The Labute approximate surface area is 179 Å². The summed E-state index contributed by atoms with van der Waals surface area (Å²) in [7, 11) is 0. The predicted octanol–water partition coefficient (Wildman–Crippen LogP) is 4.40. The van der Waals surface area contributed by atoms with Crippen LogP contribution in [0.15, 0.2) is 66.7 Å². The lowest BCUT2D eigenvalue weighted by atomic mass is 9.94. The number of carbonyl (C=O) groups excluding carboxylic acids is 1. The Bertz CT molecular complexity index is 979. The van der Waals surface area contributed by atoms with Crippen molar-refractivity contribution in [3.8, 4) is 5.75 Å². The number of hydrogen-bond donors (Lipinski definition) is 2. The molecule has 0 aromatic heterocycles. The van der Waals surface area contributed by atoms with Crippen molar-refractivity contribution >= 4 is 5.78 Å². The Hall–Kier alpha value is -2.95. The van der Waals surface area contributed by atoms with E-state index in [4.69, 9.17) is 10.5 Å². The number of ketones is 1. The van der Waals surface area contributed by atoms with Crippen molar-refractivity contribution in [2.75, 3.05) is 13.2 Å². The molecule has 156 valence electrons. The van der Waals surface area contributed by atoms with Gasteiger partial charge in [0.1, 0.15) is 12.4 Å². The maximum absolute atomic E-state index is 12.1. The van der Waals surface area contributed by atoms with E-state index in [0.717, 1.165) is 16.7 Å². The Morgan fingerprint density at radius 1 is 0.933 bits per heavy atom. The summed E-state index contributed by atoms with van der Waals surface area (Å²) in [6.45, 7) is 7.21. The first-order valence-electron chi connectivity index (χ1n) is 10.3. The van der Waals surface area contributed by atoms with Gasteiger partial charge in [-0.2, -0.15) is 0 Å². The number of rotatable bonds is 9.